The minimum Gasteiger partial charge on any atom is -0.460 e. The van der Waals surface area contributed by atoms with Gasteiger partial charge in [-0.3, -0.25) is 0 Å². The second kappa shape index (κ2) is 4.43. The van der Waals surface area contributed by atoms with Crippen LogP contribution < -0.4 is 5.32 Å². The van der Waals surface area contributed by atoms with Crippen molar-refractivity contribution in [1.29, 1.82) is 0 Å². The summed E-state index contributed by atoms with van der Waals surface area (Å²) in [7, 11) is 2.06. The van der Waals surface area contributed by atoms with Crippen molar-refractivity contribution in [3.05, 3.63) is 35.6 Å². The lowest BCUT2D eigenvalue weighted by atomic mass is 9.93. The smallest absolute Gasteiger partial charge is 0.137 e. The SMILES string of the molecule is CNC1CCC(c2cc3cccc(C)c3o2)C1C. The normalized spacial score (nSPS) is 28.1. The summed E-state index contributed by atoms with van der Waals surface area (Å²) in [5.74, 6) is 2.38. The van der Waals surface area contributed by atoms with Crippen LogP contribution in [0.4, 0.5) is 0 Å². The van der Waals surface area contributed by atoms with Gasteiger partial charge in [-0.05, 0) is 44.4 Å². The molecule has 1 N–H and O–H groups in total. The Morgan fingerprint density at radius 2 is 2.11 bits per heavy atom. The van der Waals surface area contributed by atoms with Crippen LogP contribution in [0.1, 0.15) is 37.0 Å². The highest BCUT2D eigenvalue weighted by molar-refractivity contribution is 5.81. The van der Waals surface area contributed by atoms with E-state index >= 15 is 0 Å². The second-order valence-corrected chi connectivity index (χ2v) is 5.58. The highest BCUT2D eigenvalue weighted by atomic mass is 16.3. The highest BCUT2D eigenvalue weighted by Gasteiger charge is 2.34. The molecule has 3 rings (SSSR count). The first-order valence-electron chi connectivity index (χ1n) is 6.87. The molecule has 0 radical (unpaired) electrons. The number of hydrogen-bond donors (Lipinski definition) is 1. The van der Waals surface area contributed by atoms with E-state index in [2.05, 4.69) is 50.5 Å². The van der Waals surface area contributed by atoms with Gasteiger partial charge in [-0.25, -0.2) is 0 Å². The largest absolute Gasteiger partial charge is 0.460 e. The first-order chi connectivity index (χ1) is 8.70. The van der Waals surface area contributed by atoms with Crippen molar-refractivity contribution >= 4 is 11.0 Å². The van der Waals surface area contributed by atoms with Crippen molar-refractivity contribution in [3.63, 3.8) is 0 Å². The number of rotatable bonds is 2. The number of benzene rings is 1. The monoisotopic (exact) mass is 243 g/mol. The van der Waals surface area contributed by atoms with Gasteiger partial charge in [-0.15, -0.1) is 0 Å². The van der Waals surface area contributed by atoms with Gasteiger partial charge in [0.15, 0.2) is 0 Å². The molecule has 0 bridgehead atoms. The van der Waals surface area contributed by atoms with Crippen molar-refractivity contribution in [2.24, 2.45) is 5.92 Å². The zero-order valence-electron chi connectivity index (χ0n) is 11.4. The van der Waals surface area contributed by atoms with Crippen LogP contribution >= 0.6 is 0 Å². The molecule has 0 amide bonds. The third kappa shape index (κ3) is 1.76. The van der Waals surface area contributed by atoms with Gasteiger partial charge in [0.05, 0.1) is 0 Å². The van der Waals surface area contributed by atoms with Gasteiger partial charge in [0.2, 0.25) is 0 Å². The van der Waals surface area contributed by atoms with E-state index in [9.17, 15) is 0 Å². The Bertz CT molecular complexity index is 557. The maximum atomic E-state index is 6.12. The Kier molecular flexibility index (Phi) is 2.90. The number of aryl methyl sites for hydroxylation is 1. The molecule has 1 heterocycles. The lowest BCUT2D eigenvalue weighted by Crippen LogP contribution is -2.28. The number of nitrogens with one attached hydrogen (secondary N) is 1. The van der Waals surface area contributed by atoms with Crippen molar-refractivity contribution in [2.75, 3.05) is 7.05 Å². The van der Waals surface area contributed by atoms with Crippen LogP contribution in [-0.2, 0) is 0 Å². The van der Waals surface area contributed by atoms with Gasteiger partial charge in [-0.1, -0.05) is 25.1 Å². The van der Waals surface area contributed by atoms with Crippen molar-refractivity contribution in [2.45, 2.75) is 38.6 Å². The van der Waals surface area contributed by atoms with Gasteiger partial charge in [-0.2, -0.15) is 0 Å². The fourth-order valence-electron chi connectivity index (χ4n) is 3.39. The van der Waals surface area contributed by atoms with E-state index in [-0.39, 0.29) is 0 Å². The fourth-order valence-corrected chi connectivity index (χ4v) is 3.39. The maximum Gasteiger partial charge on any atom is 0.137 e. The van der Waals surface area contributed by atoms with Gasteiger partial charge < -0.3 is 9.73 Å². The molecule has 1 aromatic heterocycles. The van der Waals surface area contributed by atoms with E-state index in [1.165, 1.54) is 29.6 Å². The summed E-state index contributed by atoms with van der Waals surface area (Å²) in [5.41, 5.74) is 2.29. The Morgan fingerprint density at radius 1 is 1.28 bits per heavy atom. The molecule has 0 saturated heterocycles. The molecule has 18 heavy (non-hydrogen) atoms. The van der Waals surface area contributed by atoms with Crippen LogP contribution in [0.5, 0.6) is 0 Å². The lowest BCUT2D eigenvalue weighted by molar-refractivity contribution is 0.387. The standard InChI is InChI=1S/C16H21NO/c1-10-5-4-6-12-9-15(18-16(10)12)13-7-8-14(17-3)11(13)2/h4-6,9,11,13-14,17H,7-8H2,1-3H3. The van der Waals surface area contributed by atoms with Crippen LogP contribution in [0.3, 0.4) is 0 Å². The number of para-hydroxylation sites is 1. The number of fused-ring (bicyclic) bond motifs is 1. The molecule has 1 aliphatic carbocycles. The molecule has 3 unspecified atom stereocenters. The molecule has 0 aliphatic heterocycles. The molecule has 1 aliphatic rings. The summed E-state index contributed by atoms with van der Waals surface area (Å²) in [6.45, 7) is 4.45. The Labute approximate surface area is 108 Å². The van der Waals surface area contributed by atoms with Gasteiger partial charge in [0.1, 0.15) is 11.3 Å². The zero-order valence-corrected chi connectivity index (χ0v) is 11.4. The Balaban J connectivity index is 1.98. The minimum absolute atomic E-state index is 0.564. The third-order valence-electron chi connectivity index (χ3n) is 4.55. The Hall–Kier alpha value is -1.28. The minimum atomic E-state index is 0.564. The van der Waals surface area contributed by atoms with Crippen LogP contribution in [-0.4, -0.2) is 13.1 Å². The molecular weight excluding hydrogens is 222 g/mol. The number of hydrogen-bond acceptors (Lipinski definition) is 2. The van der Waals surface area contributed by atoms with E-state index < -0.39 is 0 Å². The van der Waals surface area contributed by atoms with Gasteiger partial charge in [0, 0.05) is 17.3 Å². The molecule has 1 saturated carbocycles. The molecule has 1 aromatic carbocycles. The third-order valence-corrected chi connectivity index (χ3v) is 4.55. The zero-order chi connectivity index (χ0) is 12.7. The fraction of sp³-hybridized carbons (Fsp3) is 0.500. The van der Waals surface area contributed by atoms with E-state index in [4.69, 9.17) is 4.42 Å². The van der Waals surface area contributed by atoms with E-state index in [0.29, 0.717) is 17.9 Å². The second-order valence-electron chi connectivity index (χ2n) is 5.58. The van der Waals surface area contributed by atoms with Crippen molar-refractivity contribution < 1.29 is 4.42 Å². The van der Waals surface area contributed by atoms with Crippen LogP contribution in [0.2, 0.25) is 0 Å². The van der Waals surface area contributed by atoms with Crippen molar-refractivity contribution in [3.8, 4) is 0 Å². The molecule has 96 valence electrons. The maximum absolute atomic E-state index is 6.12. The van der Waals surface area contributed by atoms with Crippen molar-refractivity contribution in [1.82, 2.24) is 5.32 Å². The molecule has 2 aromatic rings. The summed E-state index contributed by atoms with van der Waals surface area (Å²) >= 11 is 0. The summed E-state index contributed by atoms with van der Waals surface area (Å²) in [6.07, 6.45) is 2.48. The predicted molar refractivity (Wildman–Crippen MR) is 74.9 cm³/mol. The predicted octanol–water partition coefficient (Wildman–Crippen LogP) is 3.84. The summed E-state index contributed by atoms with van der Waals surface area (Å²) in [4.78, 5) is 0. The molecule has 3 atom stereocenters. The van der Waals surface area contributed by atoms with Gasteiger partial charge in [0.25, 0.3) is 0 Å². The van der Waals surface area contributed by atoms with E-state index in [0.717, 1.165) is 5.58 Å². The molecule has 1 fully saturated rings. The summed E-state index contributed by atoms with van der Waals surface area (Å²) in [5, 5.41) is 4.66. The number of furan rings is 1. The lowest BCUT2D eigenvalue weighted by Gasteiger charge is -2.18. The average Bonchev–Trinajstić information content (AvgIpc) is 2.93. The van der Waals surface area contributed by atoms with Gasteiger partial charge >= 0.3 is 0 Å². The first kappa shape index (κ1) is 11.8. The Morgan fingerprint density at radius 3 is 2.78 bits per heavy atom. The molecule has 2 nitrogen and oxygen atoms in total. The summed E-state index contributed by atoms with van der Waals surface area (Å²) in [6, 6.07) is 9.23. The quantitative estimate of drug-likeness (QED) is 0.867. The van der Waals surface area contributed by atoms with Crippen LogP contribution in [0.25, 0.3) is 11.0 Å². The topological polar surface area (TPSA) is 25.2 Å². The van der Waals surface area contributed by atoms with Crippen LogP contribution in [0, 0.1) is 12.8 Å². The van der Waals surface area contributed by atoms with Crippen LogP contribution in [0.15, 0.2) is 28.7 Å². The highest BCUT2D eigenvalue weighted by Crippen LogP contribution is 2.41. The first-order valence-corrected chi connectivity index (χ1v) is 6.87. The summed E-state index contributed by atoms with van der Waals surface area (Å²) < 4.78 is 6.12. The average molecular weight is 243 g/mol. The molecule has 0 spiro atoms. The molecular formula is C16H21NO. The van der Waals surface area contributed by atoms with E-state index in [1.54, 1.807) is 0 Å². The van der Waals surface area contributed by atoms with E-state index in [1.807, 2.05) is 0 Å². The molecule has 2 heteroatoms.